The highest BCUT2D eigenvalue weighted by Crippen LogP contribution is 2.21. The van der Waals surface area contributed by atoms with Crippen LogP contribution in [0.2, 0.25) is 0 Å². The molecule has 0 unspecified atom stereocenters. The lowest BCUT2D eigenvalue weighted by Gasteiger charge is -2.09. The van der Waals surface area contributed by atoms with Crippen LogP contribution in [0.5, 0.6) is 5.75 Å². The molecule has 0 spiro atoms. The maximum absolute atomic E-state index is 11.7. The molecule has 1 aromatic heterocycles. The normalized spacial score (nSPS) is 11.5. The summed E-state index contributed by atoms with van der Waals surface area (Å²) in [7, 11) is 0. The van der Waals surface area contributed by atoms with Crippen LogP contribution in [0.4, 0.5) is 13.2 Å². The van der Waals surface area contributed by atoms with Gasteiger partial charge in [0.15, 0.2) is 12.5 Å². The molecule has 3 nitrogen and oxygen atoms in total. The van der Waals surface area contributed by atoms with Crippen molar-refractivity contribution in [3.8, 4) is 5.75 Å². The Morgan fingerprint density at radius 1 is 1.40 bits per heavy atom. The second kappa shape index (κ2) is 5.32. The van der Waals surface area contributed by atoms with Crippen LogP contribution in [-0.2, 0) is 4.74 Å². The van der Waals surface area contributed by atoms with Crippen LogP contribution in [-0.4, -0.2) is 24.6 Å². The third-order valence-electron chi connectivity index (χ3n) is 1.29. The first kappa shape index (κ1) is 12.3. The van der Waals surface area contributed by atoms with E-state index in [1.54, 1.807) is 12.1 Å². The van der Waals surface area contributed by atoms with Gasteiger partial charge in [-0.25, -0.2) is 4.98 Å². The summed E-state index contributed by atoms with van der Waals surface area (Å²) in [4.78, 5) is 3.82. The smallest absolute Gasteiger partial charge is 0.411 e. The predicted octanol–water partition coefficient (Wildman–Crippen LogP) is 2.76. The van der Waals surface area contributed by atoms with Gasteiger partial charge in [-0.1, -0.05) is 0 Å². The predicted molar refractivity (Wildman–Crippen MR) is 49.4 cm³/mol. The minimum absolute atomic E-state index is 0.333. The maximum Gasteiger partial charge on any atom is 0.411 e. The molecule has 84 valence electrons. The number of hydrogen-bond acceptors (Lipinski definition) is 3. The average molecular weight is 286 g/mol. The van der Waals surface area contributed by atoms with Crippen molar-refractivity contribution in [3.63, 3.8) is 0 Å². The minimum atomic E-state index is -4.34. The van der Waals surface area contributed by atoms with Crippen LogP contribution in [0.25, 0.3) is 0 Å². The van der Waals surface area contributed by atoms with E-state index in [1.807, 2.05) is 0 Å². The van der Waals surface area contributed by atoms with Gasteiger partial charge < -0.3 is 9.47 Å². The minimum Gasteiger partial charge on any atom is -0.465 e. The number of ether oxygens (including phenoxy) is 2. The quantitative estimate of drug-likeness (QED) is 0.484. The summed E-state index contributed by atoms with van der Waals surface area (Å²) in [6, 6.07) is 3.16. The van der Waals surface area contributed by atoms with Gasteiger partial charge in [-0.2, -0.15) is 13.2 Å². The number of alkyl halides is 3. The number of halogens is 4. The molecule has 0 fully saturated rings. The fourth-order valence-electron chi connectivity index (χ4n) is 0.741. The van der Waals surface area contributed by atoms with Gasteiger partial charge in [0.1, 0.15) is 11.2 Å². The number of aromatic nitrogens is 1. The number of pyridine rings is 1. The molecular formula is C8H7BrF3NO2. The van der Waals surface area contributed by atoms with Crippen molar-refractivity contribution in [2.24, 2.45) is 0 Å². The lowest BCUT2D eigenvalue weighted by molar-refractivity contribution is -0.186. The van der Waals surface area contributed by atoms with E-state index >= 15 is 0 Å². The first-order valence-corrected chi connectivity index (χ1v) is 4.66. The Labute approximate surface area is 92.3 Å². The number of rotatable bonds is 4. The van der Waals surface area contributed by atoms with E-state index < -0.39 is 19.6 Å². The molecule has 0 aliphatic carbocycles. The van der Waals surface area contributed by atoms with E-state index in [2.05, 4.69) is 25.7 Å². The SMILES string of the molecule is FC(F)(F)COCOc1cccnc1Br. The van der Waals surface area contributed by atoms with Crippen LogP contribution < -0.4 is 4.74 Å². The van der Waals surface area contributed by atoms with Crippen molar-refractivity contribution in [1.82, 2.24) is 4.98 Å². The van der Waals surface area contributed by atoms with Crippen LogP contribution in [0, 0.1) is 0 Å². The highest BCUT2D eigenvalue weighted by atomic mass is 79.9. The Morgan fingerprint density at radius 3 is 2.73 bits per heavy atom. The van der Waals surface area contributed by atoms with E-state index in [0.717, 1.165) is 0 Å². The third kappa shape index (κ3) is 4.98. The van der Waals surface area contributed by atoms with Crippen molar-refractivity contribution >= 4 is 15.9 Å². The summed E-state index contributed by atoms with van der Waals surface area (Å²) in [5.74, 6) is 0.333. The van der Waals surface area contributed by atoms with Gasteiger partial charge in [0.05, 0.1) is 0 Å². The summed E-state index contributed by atoms with van der Waals surface area (Å²) < 4.78 is 44.6. The Morgan fingerprint density at radius 2 is 2.13 bits per heavy atom. The number of hydrogen-bond donors (Lipinski definition) is 0. The van der Waals surface area contributed by atoms with Crippen molar-refractivity contribution in [2.45, 2.75) is 6.18 Å². The van der Waals surface area contributed by atoms with Crippen LogP contribution in [0.3, 0.4) is 0 Å². The molecule has 0 atom stereocenters. The molecule has 0 saturated heterocycles. The fraction of sp³-hybridized carbons (Fsp3) is 0.375. The molecule has 1 heterocycles. The second-order valence-electron chi connectivity index (χ2n) is 2.52. The summed E-state index contributed by atoms with van der Waals surface area (Å²) in [6.07, 6.45) is -2.82. The Kier molecular flexibility index (Phi) is 4.34. The first-order valence-electron chi connectivity index (χ1n) is 3.87. The lowest BCUT2D eigenvalue weighted by Crippen LogP contribution is -2.19. The molecule has 7 heteroatoms. The van der Waals surface area contributed by atoms with Crippen LogP contribution >= 0.6 is 15.9 Å². The van der Waals surface area contributed by atoms with Crippen molar-refractivity contribution in [1.29, 1.82) is 0 Å². The molecule has 0 aromatic carbocycles. The molecule has 0 aliphatic rings. The van der Waals surface area contributed by atoms with E-state index in [9.17, 15) is 13.2 Å². The summed E-state index contributed by atoms with van der Waals surface area (Å²) >= 11 is 3.07. The molecule has 0 N–H and O–H groups in total. The summed E-state index contributed by atoms with van der Waals surface area (Å²) in [6.45, 7) is -1.80. The van der Waals surface area contributed by atoms with E-state index in [0.29, 0.717) is 10.4 Å². The van der Waals surface area contributed by atoms with Gasteiger partial charge >= 0.3 is 6.18 Å². The van der Waals surface area contributed by atoms with Crippen molar-refractivity contribution in [3.05, 3.63) is 22.9 Å². The lowest BCUT2D eigenvalue weighted by atomic mass is 10.5. The summed E-state index contributed by atoms with van der Waals surface area (Å²) in [5, 5.41) is 0. The Balaban J connectivity index is 2.30. The second-order valence-corrected chi connectivity index (χ2v) is 3.27. The van der Waals surface area contributed by atoms with Gasteiger partial charge in [-0.15, -0.1) is 0 Å². The largest absolute Gasteiger partial charge is 0.465 e. The molecule has 0 saturated carbocycles. The molecule has 0 aliphatic heterocycles. The van der Waals surface area contributed by atoms with Gasteiger partial charge in [0.2, 0.25) is 0 Å². The van der Waals surface area contributed by atoms with Crippen LogP contribution in [0.15, 0.2) is 22.9 Å². The Bertz CT molecular complexity index is 319. The van der Waals surface area contributed by atoms with E-state index in [1.165, 1.54) is 6.20 Å². The van der Waals surface area contributed by atoms with Gasteiger partial charge in [0.25, 0.3) is 0 Å². The highest BCUT2D eigenvalue weighted by Gasteiger charge is 2.27. The van der Waals surface area contributed by atoms with Gasteiger partial charge in [-0.05, 0) is 28.1 Å². The van der Waals surface area contributed by atoms with E-state index in [4.69, 9.17) is 4.74 Å². The van der Waals surface area contributed by atoms with Crippen molar-refractivity contribution < 1.29 is 22.6 Å². The fourth-order valence-corrected chi connectivity index (χ4v) is 1.11. The van der Waals surface area contributed by atoms with Crippen molar-refractivity contribution in [2.75, 3.05) is 13.4 Å². The average Bonchev–Trinajstić information content (AvgIpc) is 2.13. The molecule has 15 heavy (non-hydrogen) atoms. The topological polar surface area (TPSA) is 31.4 Å². The molecule has 1 rings (SSSR count). The molecule has 0 amide bonds. The first-order chi connectivity index (χ1) is 6.99. The monoisotopic (exact) mass is 285 g/mol. The van der Waals surface area contributed by atoms with Crippen LogP contribution in [0.1, 0.15) is 0 Å². The molecule has 0 radical (unpaired) electrons. The highest BCUT2D eigenvalue weighted by molar-refractivity contribution is 9.10. The zero-order chi connectivity index (χ0) is 11.3. The number of nitrogens with zero attached hydrogens (tertiary/aromatic N) is 1. The third-order valence-corrected chi connectivity index (χ3v) is 1.88. The van der Waals surface area contributed by atoms with Gasteiger partial charge in [0, 0.05) is 6.20 Å². The maximum atomic E-state index is 11.7. The standard InChI is InChI=1S/C8H7BrF3NO2/c9-7-6(2-1-3-13-7)15-5-14-4-8(10,11)12/h1-3H,4-5H2. The Hall–Kier alpha value is -0.820. The molecule has 1 aromatic rings. The molecular weight excluding hydrogens is 279 g/mol. The van der Waals surface area contributed by atoms with E-state index in [-0.39, 0.29) is 0 Å². The zero-order valence-corrected chi connectivity index (χ0v) is 9.01. The summed E-state index contributed by atoms with van der Waals surface area (Å²) in [5.41, 5.74) is 0. The van der Waals surface area contributed by atoms with Gasteiger partial charge in [-0.3, -0.25) is 0 Å². The molecule has 0 bridgehead atoms. The zero-order valence-electron chi connectivity index (χ0n) is 7.42.